The molecule has 2 aromatic carbocycles. The third kappa shape index (κ3) is 18.0. The van der Waals surface area contributed by atoms with Gasteiger partial charge in [0.15, 0.2) is 0 Å². The number of ether oxygens (including phenoxy) is 2. The molecule has 0 radical (unpaired) electrons. The molecule has 364 valence electrons. The van der Waals surface area contributed by atoms with Crippen LogP contribution >= 0.6 is 0 Å². The minimum atomic E-state index is -4.98. The van der Waals surface area contributed by atoms with Gasteiger partial charge in [0.2, 0.25) is 35.7 Å². The largest absolute Gasteiger partial charge is 0.394 e. The van der Waals surface area contributed by atoms with Crippen LogP contribution in [0.25, 0.3) is 12.2 Å². The summed E-state index contributed by atoms with van der Waals surface area (Å²) in [5.41, 5.74) is -0.252. The van der Waals surface area contributed by atoms with Gasteiger partial charge in [0.05, 0.1) is 51.1 Å². The van der Waals surface area contributed by atoms with Crippen molar-refractivity contribution in [1.29, 1.82) is 0 Å². The number of anilines is 8. The van der Waals surface area contributed by atoms with Crippen LogP contribution in [0, 0.1) is 0 Å². The summed E-state index contributed by atoms with van der Waals surface area (Å²) in [6, 6.07) is 7.25. The number of aliphatic hydroxyl groups is 2. The number of benzene rings is 2. The van der Waals surface area contributed by atoms with Gasteiger partial charge in [-0.1, -0.05) is 24.3 Å². The zero-order chi connectivity index (χ0) is 48.7. The molecule has 4 rings (SSSR count). The van der Waals surface area contributed by atoms with Crippen molar-refractivity contribution in [2.24, 2.45) is 0 Å². The fourth-order valence-electron chi connectivity index (χ4n) is 5.24. The van der Waals surface area contributed by atoms with Gasteiger partial charge in [-0.25, -0.2) is 0 Å². The van der Waals surface area contributed by atoms with Crippen molar-refractivity contribution >= 4 is 99.7 Å². The standard InChI is InChI=1S/C34H48N12O16S4/c1-45(11-15-61-17-13-47)33-41-29(35-9-19-63(49,50)51)39-31(43-33)37-25-7-5-23(27(21-25)65(55,56)57)3-4-24-6-8-26(22-28(24)66(58,59)60)38-32-40-30(36-10-20-64(52,53)54)42-34(44-32)46(2)12-16-62-18-14-48/h3-8,21-22,47-48H,9-20H2,1-2H3,(H,49,50,51)(H,52,53,54)(H,55,56,57)(H,58,59,60)(H2,35,37,39,41,43)(H2,36,38,40,42,44)/b4-3+. The normalized spacial score (nSPS) is 12.3. The molecule has 2 aromatic heterocycles. The van der Waals surface area contributed by atoms with Crippen molar-refractivity contribution in [3.05, 3.63) is 47.5 Å². The highest BCUT2D eigenvalue weighted by Crippen LogP contribution is 2.28. The van der Waals surface area contributed by atoms with Crippen LogP contribution < -0.4 is 31.1 Å². The summed E-state index contributed by atoms with van der Waals surface area (Å²) in [7, 11) is -15.5. The predicted molar refractivity (Wildman–Crippen MR) is 240 cm³/mol. The van der Waals surface area contributed by atoms with E-state index in [0.717, 1.165) is 24.3 Å². The van der Waals surface area contributed by atoms with Gasteiger partial charge in [-0.15, -0.1) is 0 Å². The number of nitrogens with zero attached hydrogens (tertiary/aromatic N) is 8. The summed E-state index contributed by atoms with van der Waals surface area (Å²) in [5.74, 6) is -1.93. The average molecular weight is 1010 g/mol. The molecule has 66 heavy (non-hydrogen) atoms. The number of aromatic nitrogens is 6. The summed E-state index contributed by atoms with van der Waals surface area (Å²) in [6.07, 6.45) is 2.30. The second-order valence-electron chi connectivity index (χ2n) is 13.5. The predicted octanol–water partition coefficient (Wildman–Crippen LogP) is -0.303. The van der Waals surface area contributed by atoms with Gasteiger partial charge < -0.3 is 50.8 Å². The summed E-state index contributed by atoms with van der Waals surface area (Å²) in [4.78, 5) is 27.2. The Kier molecular flexibility index (Phi) is 19.1. The van der Waals surface area contributed by atoms with Gasteiger partial charge in [-0.3, -0.25) is 18.2 Å². The van der Waals surface area contributed by atoms with Crippen molar-refractivity contribution in [1.82, 2.24) is 29.9 Å². The van der Waals surface area contributed by atoms with E-state index in [0.29, 0.717) is 0 Å². The van der Waals surface area contributed by atoms with Crippen LogP contribution in [-0.4, -0.2) is 183 Å². The van der Waals surface area contributed by atoms with Crippen molar-refractivity contribution in [2.75, 3.05) is 122 Å². The van der Waals surface area contributed by atoms with E-state index >= 15 is 0 Å². The van der Waals surface area contributed by atoms with Crippen LogP contribution in [0.5, 0.6) is 0 Å². The highest BCUT2D eigenvalue weighted by atomic mass is 32.2. The van der Waals surface area contributed by atoms with Gasteiger partial charge in [-0.05, 0) is 35.4 Å². The molecule has 32 heteroatoms. The van der Waals surface area contributed by atoms with Crippen molar-refractivity contribution < 1.29 is 71.6 Å². The maximum atomic E-state index is 12.6. The molecule has 0 amide bonds. The first-order valence-corrected chi connectivity index (χ1v) is 25.2. The number of likely N-dealkylation sites (N-methyl/N-ethyl adjacent to an activating group) is 2. The quantitative estimate of drug-likeness (QED) is 0.0198. The Morgan fingerprint density at radius 3 is 1.24 bits per heavy atom. The minimum absolute atomic E-state index is 0.0169. The molecule has 0 unspecified atom stereocenters. The third-order valence-corrected chi connectivity index (χ3v) is 11.6. The zero-order valence-corrected chi connectivity index (χ0v) is 38.3. The summed E-state index contributed by atoms with van der Waals surface area (Å²) >= 11 is 0. The Hall–Kier alpha value is -5.52. The Morgan fingerprint density at radius 1 is 0.545 bits per heavy atom. The highest BCUT2D eigenvalue weighted by Gasteiger charge is 2.20. The maximum Gasteiger partial charge on any atom is 0.295 e. The fourth-order valence-corrected chi connectivity index (χ4v) is 7.38. The van der Waals surface area contributed by atoms with Crippen molar-refractivity contribution in [2.45, 2.75) is 9.79 Å². The molecule has 0 bridgehead atoms. The molecule has 0 saturated carbocycles. The molecular formula is C34H48N12O16S4. The molecule has 0 fully saturated rings. The molecule has 2 heterocycles. The van der Waals surface area contributed by atoms with Crippen LogP contribution in [0.15, 0.2) is 46.2 Å². The molecule has 0 spiro atoms. The number of hydrogen-bond acceptors (Lipinski definition) is 24. The topological polar surface area (TPSA) is 408 Å². The Balaban J connectivity index is 1.65. The minimum Gasteiger partial charge on any atom is -0.394 e. The molecule has 0 saturated heterocycles. The van der Waals surface area contributed by atoms with E-state index in [4.69, 9.17) is 28.8 Å². The molecular weight excluding hydrogens is 961 g/mol. The van der Waals surface area contributed by atoms with Crippen LogP contribution in [-0.2, 0) is 49.9 Å². The van der Waals surface area contributed by atoms with E-state index in [2.05, 4.69) is 51.2 Å². The number of rotatable bonds is 28. The van der Waals surface area contributed by atoms with Crippen LogP contribution in [0.4, 0.5) is 47.1 Å². The zero-order valence-electron chi connectivity index (χ0n) is 35.1. The van der Waals surface area contributed by atoms with E-state index < -0.39 is 61.8 Å². The Bertz CT molecular complexity index is 2580. The molecule has 0 aliphatic carbocycles. The molecule has 0 aliphatic heterocycles. The van der Waals surface area contributed by atoms with Gasteiger partial charge in [0, 0.05) is 51.6 Å². The van der Waals surface area contributed by atoms with Crippen LogP contribution in [0.3, 0.4) is 0 Å². The second-order valence-corrected chi connectivity index (χ2v) is 19.5. The summed E-state index contributed by atoms with van der Waals surface area (Å²) < 4.78 is 145. The van der Waals surface area contributed by atoms with E-state index in [9.17, 15) is 42.8 Å². The first-order chi connectivity index (χ1) is 30.9. The fraction of sp³-hybridized carbons (Fsp3) is 0.412. The SMILES string of the molecule is CN(CCOCCO)c1nc(NCCS(=O)(=O)O)nc(Nc2ccc(/C=C/c3ccc(Nc4nc(NCCS(=O)(=O)O)nc(N(C)CCOCCO)n4)cc3S(=O)(=O)O)c(S(=O)(=O)O)c2)n1. The molecule has 0 atom stereocenters. The molecule has 10 N–H and O–H groups in total. The lowest BCUT2D eigenvalue weighted by Crippen LogP contribution is -2.26. The van der Waals surface area contributed by atoms with E-state index in [-0.39, 0.29) is 124 Å². The van der Waals surface area contributed by atoms with E-state index in [1.165, 1.54) is 34.1 Å². The smallest absolute Gasteiger partial charge is 0.295 e. The maximum absolute atomic E-state index is 12.6. The summed E-state index contributed by atoms with van der Waals surface area (Å²) in [5, 5.41) is 28.8. The van der Waals surface area contributed by atoms with Crippen LogP contribution in [0.2, 0.25) is 0 Å². The van der Waals surface area contributed by atoms with Crippen LogP contribution in [0.1, 0.15) is 11.1 Å². The molecule has 4 aromatic rings. The summed E-state index contributed by atoms with van der Waals surface area (Å²) in [6.45, 7) is -0.0835. The van der Waals surface area contributed by atoms with Crippen molar-refractivity contribution in [3.8, 4) is 0 Å². The first-order valence-electron chi connectivity index (χ1n) is 19.1. The lowest BCUT2D eigenvalue weighted by atomic mass is 10.1. The lowest BCUT2D eigenvalue weighted by Gasteiger charge is -2.19. The van der Waals surface area contributed by atoms with E-state index in [1.807, 2.05) is 0 Å². The average Bonchev–Trinajstić information content (AvgIpc) is 3.22. The third-order valence-electron chi connectivity index (χ3n) is 8.37. The Morgan fingerprint density at radius 2 is 0.909 bits per heavy atom. The monoisotopic (exact) mass is 1010 g/mol. The molecule has 0 aliphatic rings. The van der Waals surface area contributed by atoms with Gasteiger partial charge >= 0.3 is 0 Å². The van der Waals surface area contributed by atoms with E-state index in [1.54, 1.807) is 14.1 Å². The second kappa shape index (κ2) is 23.8. The number of nitrogens with one attached hydrogen (secondary N) is 4. The van der Waals surface area contributed by atoms with Gasteiger partial charge in [0.25, 0.3) is 40.5 Å². The number of aliphatic hydroxyl groups excluding tert-OH is 2. The lowest BCUT2D eigenvalue weighted by molar-refractivity contribution is 0.0970. The van der Waals surface area contributed by atoms with Gasteiger partial charge in [-0.2, -0.15) is 63.6 Å². The molecule has 28 nitrogen and oxygen atoms in total. The Labute approximate surface area is 379 Å². The number of hydrogen-bond donors (Lipinski definition) is 10. The van der Waals surface area contributed by atoms with Gasteiger partial charge in [0.1, 0.15) is 9.79 Å². The first kappa shape index (κ1) is 53.1. The van der Waals surface area contributed by atoms with Crippen molar-refractivity contribution in [3.63, 3.8) is 0 Å². The highest BCUT2D eigenvalue weighted by molar-refractivity contribution is 7.86.